The van der Waals surface area contributed by atoms with Crippen molar-refractivity contribution in [2.45, 2.75) is 83.4 Å². The average Bonchev–Trinajstić information content (AvgIpc) is 2.73. The predicted octanol–water partition coefficient (Wildman–Crippen LogP) is 5.97. The van der Waals surface area contributed by atoms with Crippen molar-refractivity contribution in [2.75, 3.05) is 0 Å². The Morgan fingerprint density at radius 3 is 1.95 bits per heavy atom. The van der Waals surface area contributed by atoms with Gasteiger partial charge in [0.25, 0.3) is 0 Å². The maximum Gasteiger partial charge on any atom is 0.432 e. The highest BCUT2D eigenvalue weighted by molar-refractivity contribution is 6.83. The first-order valence-corrected chi connectivity index (χ1v) is 10.5. The summed E-state index contributed by atoms with van der Waals surface area (Å²) >= 11 is 0. The molecule has 0 N–H and O–H groups in total. The van der Waals surface area contributed by atoms with E-state index in [2.05, 4.69) is 53.1 Å². The number of nitrogens with zero attached hydrogens (tertiary/aromatic N) is 2. The van der Waals surface area contributed by atoms with Gasteiger partial charge in [0.05, 0.1) is 20.6 Å². The van der Waals surface area contributed by atoms with Crippen LogP contribution >= 0.6 is 0 Å². The van der Waals surface area contributed by atoms with Crippen molar-refractivity contribution in [3.63, 3.8) is 0 Å². The van der Waals surface area contributed by atoms with Crippen LogP contribution in [0.4, 0.5) is 13.2 Å². The van der Waals surface area contributed by atoms with Gasteiger partial charge in [-0.05, 0) is 16.5 Å². The maximum atomic E-state index is 12.9. The van der Waals surface area contributed by atoms with Crippen molar-refractivity contribution in [1.82, 2.24) is 9.55 Å². The van der Waals surface area contributed by atoms with E-state index >= 15 is 0 Å². The molecule has 1 aromatic heterocycles. The molecule has 0 amide bonds. The molecule has 22 heavy (non-hydrogen) atoms. The number of hydrogen-bond donors (Lipinski definition) is 0. The van der Waals surface area contributed by atoms with E-state index in [1.165, 1.54) is 10.9 Å². The third-order valence-corrected chi connectivity index (χ3v) is 13.4. The number of aromatic nitrogens is 2. The fourth-order valence-electron chi connectivity index (χ4n) is 3.21. The number of halogens is 3. The molecule has 0 aromatic carbocycles. The van der Waals surface area contributed by atoms with E-state index in [0.29, 0.717) is 6.54 Å². The molecule has 1 rings (SSSR count). The second-order valence-electron chi connectivity index (χ2n) is 8.41. The van der Waals surface area contributed by atoms with Gasteiger partial charge in [-0.15, -0.1) is 0 Å². The molecule has 128 valence electrons. The number of alkyl halides is 3. The highest BCUT2D eigenvalue weighted by Crippen LogP contribution is 2.53. The number of hydrogen-bond acceptors (Lipinski definition) is 1. The minimum absolute atomic E-state index is 0.215. The molecule has 0 unspecified atom stereocenters. The van der Waals surface area contributed by atoms with E-state index in [1.807, 2.05) is 0 Å². The molecule has 0 aliphatic rings. The zero-order chi connectivity index (χ0) is 17.4. The summed E-state index contributed by atoms with van der Waals surface area (Å²) in [5.74, 6) is 0. The topological polar surface area (TPSA) is 17.8 Å². The van der Waals surface area contributed by atoms with Crippen LogP contribution in [0.3, 0.4) is 0 Å². The van der Waals surface area contributed by atoms with Gasteiger partial charge < -0.3 is 4.57 Å². The SMILES string of the molecule is CC(C)(C)[Si](C)(CCCn1cncc1C(F)(F)F)C(C)(C)C. The minimum atomic E-state index is -4.33. The van der Waals surface area contributed by atoms with Crippen molar-refractivity contribution < 1.29 is 13.2 Å². The van der Waals surface area contributed by atoms with Gasteiger partial charge in [0, 0.05) is 6.54 Å². The fraction of sp³-hybridized carbons (Fsp3) is 0.812. The summed E-state index contributed by atoms with van der Waals surface area (Å²) < 4.78 is 39.8. The molecule has 0 atom stereocenters. The Morgan fingerprint density at radius 1 is 1.05 bits per heavy atom. The normalized spacial score (nSPS) is 14.5. The molecule has 2 nitrogen and oxygen atoms in total. The molecule has 0 saturated carbocycles. The van der Waals surface area contributed by atoms with Crippen molar-refractivity contribution in [3.05, 3.63) is 18.2 Å². The van der Waals surface area contributed by atoms with Crippen LogP contribution in [0.1, 0.15) is 53.7 Å². The second kappa shape index (κ2) is 6.02. The first-order chi connectivity index (χ1) is 9.70. The third-order valence-electron chi connectivity index (χ3n) is 5.39. The van der Waals surface area contributed by atoms with Gasteiger partial charge in [-0.1, -0.05) is 54.1 Å². The van der Waals surface area contributed by atoms with E-state index < -0.39 is 19.9 Å². The number of aryl methyl sites for hydroxylation is 1. The van der Waals surface area contributed by atoms with Gasteiger partial charge in [-0.25, -0.2) is 4.98 Å². The Kier molecular flexibility index (Phi) is 5.27. The molecule has 0 spiro atoms. The van der Waals surface area contributed by atoms with Crippen LogP contribution in [0.5, 0.6) is 0 Å². The molecule has 1 aromatic rings. The van der Waals surface area contributed by atoms with E-state index in [4.69, 9.17) is 0 Å². The molecule has 0 fully saturated rings. The van der Waals surface area contributed by atoms with Gasteiger partial charge in [0.1, 0.15) is 5.69 Å². The Hall–Kier alpha value is -0.783. The van der Waals surface area contributed by atoms with E-state index in [0.717, 1.165) is 18.7 Å². The first-order valence-electron chi connectivity index (χ1n) is 7.77. The molecule has 0 radical (unpaired) electrons. The maximum absolute atomic E-state index is 12.9. The summed E-state index contributed by atoms with van der Waals surface area (Å²) in [5.41, 5.74) is -0.651. The van der Waals surface area contributed by atoms with Crippen LogP contribution in [0.15, 0.2) is 12.5 Å². The third kappa shape index (κ3) is 3.94. The van der Waals surface area contributed by atoms with Crippen molar-refractivity contribution >= 4 is 8.07 Å². The largest absolute Gasteiger partial charge is 0.432 e. The molecule has 0 aliphatic heterocycles. The minimum Gasteiger partial charge on any atom is -0.327 e. The first kappa shape index (κ1) is 19.3. The lowest BCUT2D eigenvalue weighted by atomic mass is 10.2. The fourth-order valence-corrected chi connectivity index (χ4v) is 7.83. The highest BCUT2D eigenvalue weighted by atomic mass is 28.3. The predicted molar refractivity (Wildman–Crippen MR) is 87.7 cm³/mol. The number of rotatable bonds is 4. The monoisotopic (exact) mass is 334 g/mol. The van der Waals surface area contributed by atoms with Gasteiger partial charge in [-0.3, -0.25) is 0 Å². The molecule has 1 heterocycles. The average molecular weight is 335 g/mol. The highest BCUT2D eigenvalue weighted by Gasteiger charge is 2.47. The Balaban J connectivity index is 2.84. The van der Waals surface area contributed by atoms with Crippen LogP contribution in [0.2, 0.25) is 22.7 Å². The summed E-state index contributed by atoms with van der Waals surface area (Å²) in [4.78, 5) is 3.66. The summed E-state index contributed by atoms with van der Waals surface area (Å²) in [7, 11) is -1.66. The lowest BCUT2D eigenvalue weighted by Gasteiger charge is -2.50. The second-order valence-corrected chi connectivity index (χ2v) is 14.6. The standard InChI is InChI=1S/C16H29F3N2Si/c1-14(2,3)22(7,15(4,5)6)10-8-9-21-12-20-11-13(21)16(17,18)19/h11-12H,8-10H2,1-7H3. The zero-order valence-corrected chi connectivity index (χ0v) is 15.8. The summed E-state index contributed by atoms with van der Waals surface area (Å²) in [6.45, 7) is 16.4. The summed E-state index contributed by atoms with van der Waals surface area (Å²) in [6.07, 6.45) is -1.37. The number of imidazole rings is 1. The Morgan fingerprint density at radius 2 is 1.55 bits per heavy atom. The van der Waals surface area contributed by atoms with Crippen LogP contribution in [0.25, 0.3) is 0 Å². The van der Waals surface area contributed by atoms with Gasteiger partial charge >= 0.3 is 6.18 Å². The lowest BCUT2D eigenvalue weighted by molar-refractivity contribution is -0.143. The molecule has 0 saturated heterocycles. The van der Waals surface area contributed by atoms with Crippen LogP contribution in [-0.4, -0.2) is 17.6 Å². The van der Waals surface area contributed by atoms with Crippen LogP contribution in [0, 0.1) is 0 Å². The molecule has 6 heteroatoms. The van der Waals surface area contributed by atoms with Gasteiger partial charge in [0.2, 0.25) is 0 Å². The Labute approximate surface area is 133 Å². The van der Waals surface area contributed by atoms with Crippen molar-refractivity contribution in [3.8, 4) is 0 Å². The molecule has 0 bridgehead atoms. The lowest BCUT2D eigenvalue weighted by Crippen LogP contribution is -2.48. The smallest absolute Gasteiger partial charge is 0.327 e. The van der Waals surface area contributed by atoms with Crippen molar-refractivity contribution in [1.29, 1.82) is 0 Å². The van der Waals surface area contributed by atoms with Crippen molar-refractivity contribution in [2.24, 2.45) is 0 Å². The summed E-state index contributed by atoms with van der Waals surface area (Å²) in [6, 6.07) is 1.01. The molecular weight excluding hydrogens is 305 g/mol. The zero-order valence-electron chi connectivity index (χ0n) is 14.8. The van der Waals surface area contributed by atoms with E-state index in [9.17, 15) is 13.2 Å². The molecule has 0 aliphatic carbocycles. The van der Waals surface area contributed by atoms with E-state index in [1.54, 1.807) is 0 Å². The quantitative estimate of drug-likeness (QED) is 0.620. The Bertz CT molecular complexity index is 479. The van der Waals surface area contributed by atoms with Gasteiger partial charge in [-0.2, -0.15) is 13.2 Å². The molecular formula is C16H29F3N2Si. The van der Waals surface area contributed by atoms with Crippen LogP contribution in [-0.2, 0) is 12.7 Å². The summed E-state index contributed by atoms with van der Waals surface area (Å²) in [5, 5.41) is 0.431. The van der Waals surface area contributed by atoms with Crippen LogP contribution < -0.4 is 0 Å². The van der Waals surface area contributed by atoms with Gasteiger partial charge in [0.15, 0.2) is 0 Å². The van der Waals surface area contributed by atoms with E-state index in [-0.39, 0.29) is 10.1 Å².